The molecule has 1 aromatic heterocycles. The van der Waals surface area contributed by atoms with Gasteiger partial charge in [0.1, 0.15) is 0 Å². The van der Waals surface area contributed by atoms with E-state index in [2.05, 4.69) is 10.2 Å². The fourth-order valence-electron chi connectivity index (χ4n) is 5.55. The molecular weight excluding hydrogens is 317 g/mol. The number of halogens is 3. The Morgan fingerprint density at radius 1 is 1.33 bits per heavy atom. The van der Waals surface area contributed by atoms with E-state index >= 15 is 0 Å². The van der Waals surface area contributed by atoms with Crippen molar-refractivity contribution in [3.8, 4) is 0 Å². The number of allylic oxidation sites excluding steroid dienone is 1. The Hall–Kier alpha value is -1.82. The molecule has 4 atom stereocenters. The lowest BCUT2D eigenvalue weighted by Crippen LogP contribution is -2.38. The number of nitrogens with zero attached hydrogens (tertiary/aromatic N) is 1. The van der Waals surface area contributed by atoms with E-state index in [9.17, 15) is 18.3 Å². The van der Waals surface area contributed by atoms with E-state index < -0.39 is 23.3 Å². The van der Waals surface area contributed by atoms with Crippen molar-refractivity contribution in [1.82, 2.24) is 10.2 Å². The number of aromatic amines is 1. The van der Waals surface area contributed by atoms with Crippen LogP contribution in [0.15, 0.2) is 23.9 Å². The Morgan fingerprint density at radius 3 is 2.88 bits per heavy atom. The molecule has 5 rings (SSSR count). The third-order valence-corrected chi connectivity index (χ3v) is 6.54. The normalized spacial score (nSPS) is 34.8. The summed E-state index contributed by atoms with van der Waals surface area (Å²) in [6.45, 7) is 2.03. The van der Waals surface area contributed by atoms with Crippen molar-refractivity contribution in [1.29, 1.82) is 0 Å². The summed E-state index contributed by atoms with van der Waals surface area (Å²) in [5.74, 6) is -0.170. The summed E-state index contributed by atoms with van der Waals surface area (Å²) in [5.41, 5.74) is 1.59. The summed E-state index contributed by atoms with van der Waals surface area (Å²) in [5, 5.41) is 18.3. The number of rotatable bonds is 0. The highest BCUT2D eigenvalue weighted by Crippen LogP contribution is 2.67. The number of aliphatic hydroxyl groups excluding tert-OH is 1. The van der Waals surface area contributed by atoms with Crippen molar-refractivity contribution < 1.29 is 18.3 Å². The molecule has 24 heavy (non-hydrogen) atoms. The van der Waals surface area contributed by atoms with Gasteiger partial charge in [0.15, 0.2) is 0 Å². The number of aromatic nitrogens is 2. The molecule has 1 heterocycles. The Labute approximate surface area is 136 Å². The van der Waals surface area contributed by atoms with Crippen molar-refractivity contribution in [2.75, 3.05) is 0 Å². The minimum absolute atomic E-state index is 0.126. The minimum Gasteiger partial charge on any atom is -0.388 e. The van der Waals surface area contributed by atoms with Gasteiger partial charge in [-0.25, -0.2) is 0 Å². The number of fused-ring (bicyclic) bond motifs is 5. The van der Waals surface area contributed by atoms with E-state index in [1.807, 2.05) is 6.92 Å². The summed E-state index contributed by atoms with van der Waals surface area (Å²) in [6.07, 6.45) is -2.33. The molecule has 0 saturated heterocycles. The number of hydrogen-bond acceptors (Lipinski definition) is 2. The van der Waals surface area contributed by atoms with Crippen molar-refractivity contribution in [2.24, 2.45) is 17.3 Å². The topological polar surface area (TPSA) is 48.9 Å². The average molecular weight is 334 g/mol. The van der Waals surface area contributed by atoms with Gasteiger partial charge < -0.3 is 5.11 Å². The molecule has 0 amide bonds. The Bertz CT molecular complexity index is 897. The molecule has 1 aromatic carbocycles. The molecule has 2 N–H and O–H groups in total. The van der Waals surface area contributed by atoms with Gasteiger partial charge in [-0.2, -0.15) is 18.3 Å². The molecule has 6 heteroatoms. The largest absolute Gasteiger partial charge is 0.415 e. The quantitative estimate of drug-likeness (QED) is 0.769. The van der Waals surface area contributed by atoms with Gasteiger partial charge in [-0.3, -0.25) is 5.10 Å². The van der Waals surface area contributed by atoms with Crippen LogP contribution in [-0.2, 0) is 6.42 Å². The second-order valence-electron chi connectivity index (χ2n) is 7.59. The monoisotopic (exact) mass is 334 g/mol. The number of aliphatic hydroxyl groups is 1. The molecule has 3 aliphatic rings. The molecule has 3 nitrogen and oxygen atoms in total. The van der Waals surface area contributed by atoms with Crippen LogP contribution >= 0.6 is 0 Å². The van der Waals surface area contributed by atoms with Gasteiger partial charge in [-0.15, -0.1) is 0 Å². The van der Waals surface area contributed by atoms with E-state index in [0.29, 0.717) is 30.4 Å². The second-order valence-corrected chi connectivity index (χ2v) is 7.59. The number of H-pyrrole nitrogens is 1. The predicted octanol–water partition coefficient (Wildman–Crippen LogP) is 3.84. The zero-order chi connectivity index (χ0) is 16.9. The third kappa shape index (κ3) is 1.55. The van der Waals surface area contributed by atoms with Crippen LogP contribution < -0.4 is 0 Å². The van der Waals surface area contributed by atoms with E-state index in [-0.39, 0.29) is 11.8 Å². The van der Waals surface area contributed by atoms with Gasteiger partial charge in [0, 0.05) is 10.8 Å². The standard InChI is InChI=1S/C18H17F3N2O/c1-8-4-9-5-17(8)6-11-10(2-3-13-12(11)7-22-23-13)14(17)15(16(9)24)18(19,20)21/h2-3,7-9,16,24H,4-6H2,1H3,(H,22,23)/t8-,9-,16+,17+/m1/s1. The number of nitrogens with one attached hydrogen (secondary N) is 1. The van der Waals surface area contributed by atoms with Crippen LogP contribution in [0, 0.1) is 17.3 Å². The van der Waals surface area contributed by atoms with Crippen LogP contribution in [0.5, 0.6) is 0 Å². The molecule has 0 aliphatic heterocycles. The first-order valence-corrected chi connectivity index (χ1v) is 8.28. The number of benzene rings is 1. The number of alkyl halides is 3. The average Bonchev–Trinajstić information content (AvgIpc) is 3.15. The van der Waals surface area contributed by atoms with Crippen molar-refractivity contribution in [3.05, 3.63) is 35.0 Å². The van der Waals surface area contributed by atoms with Gasteiger partial charge >= 0.3 is 6.18 Å². The highest BCUT2D eigenvalue weighted by molar-refractivity contribution is 5.93. The molecule has 1 saturated carbocycles. The fourth-order valence-corrected chi connectivity index (χ4v) is 5.55. The van der Waals surface area contributed by atoms with Crippen molar-refractivity contribution in [2.45, 2.75) is 38.5 Å². The van der Waals surface area contributed by atoms with E-state index in [0.717, 1.165) is 16.5 Å². The molecule has 126 valence electrons. The summed E-state index contributed by atoms with van der Waals surface area (Å²) in [4.78, 5) is 0. The maximum atomic E-state index is 13.8. The predicted molar refractivity (Wildman–Crippen MR) is 83.1 cm³/mol. The lowest BCUT2D eigenvalue weighted by molar-refractivity contribution is -0.111. The fraction of sp³-hybridized carbons (Fsp3) is 0.500. The lowest BCUT2D eigenvalue weighted by atomic mass is 9.67. The van der Waals surface area contributed by atoms with Gasteiger partial charge in [0.05, 0.1) is 23.4 Å². The number of hydrogen-bond donors (Lipinski definition) is 2. The van der Waals surface area contributed by atoms with Crippen LogP contribution in [0.4, 0.5) is 13.2 Å². The molecule has 2 bridgehead atoms. The first kappa shape index (κ1) is 14.5. The van der Waals surface area contributed by atoms with E-state index in [1.165, 1.54) is 0 Å². The molecule has 2 aromatic rings. The summed E-state index contributed by atoms with van der Waals surface area (Å²) >= 11 is 0. The summed E-state index contributed by atoms with van der Waals surface area (Å²) in [7, 11) is 0. The highest BCUT2D eigenvalue weighted by atomic mass is 19.4. The first-order valence-electron chi connectivity index (χ1n) is 8.28. The molecule has 3 aliphatic carbocycles. The minimum atomic E-state index is -4.50. The van der Waals surface area contributed by atoms with Gasteiger partial charge in [-0.05, 0) is 53.9 Å². The lowest BCUT2D eigenvalue weighted by Gasteiger charge is -2.38. The maximum Gasteiger partial charge on any atom is 0.415 e. The maximum absolute atomic E-state index is 13.8. The van der Waals surface area contributed by atoms with E-state index in [1.54, 1.807) is 18.3 Å². The molecular formula is C18H17F3N2O. The van der Waals surface area contributed by atoms with Crippen molar-refractivity contribution in [3.63, 3.8) is 0 Å². The Kier molecular flexibility index (Phi) is 2.56. The van der Waals surface area contributed by atoms with Crippen molar-refractivity contribution >= 4 is 16.5 Å². The Morgan fingerprint density at radius 2 is 2.12 bits per heavy atom. The molecule has 1 fully saturated rings. The van der Waals surface area contributed by atoms with Crippen LogP contribution in [-0.4, -0.2) is 27.6 Å². The Balaban J connectivity index is 1.89. The highest BCUT2D eigenvalue weighted by Gasteiger charge is 2.62. The van der Waals surface area contributed by atoms with Gasteiger partial charge in [0.2, 0.25) is 0 Å². The van der Waals surface area contributed by atoms with Crippen LogP contribution in [0.25, 0.3) is 16.5 Å². The molecule has 0 unspecified atom stereocenters. The SMILES string of the molecule is C[C@@H]1C[C@@H]2C[C@]13Cc1c(ccc4[nH]ncc14)C3=C(C(F)(F)F)[C@H]2O. The van der Waals surface area contributed by atoms with Crippen LogP contribution in [0.2, 0.25) is 0 Å². The molecule has 1 spiro atoms. The van der Waals surface area contributed by atoms with Gasteiger partial charge in [-0.1, -0.05) is 13.0 Å². The zero-order valence-electron chi connectivity index (χ0n) is 13.1. The first-order chi connectivity index (χ1) is 11.3. The zero-order valence-corrected chi connectivity index (χ0v) is 13.1. The second kappa shape index (κ2) is 4.23. The third-order valence-electron chi connectivity index (χ3n) is 6.54. The van der Waals surface area contributed by atoms with E-state index in [4.69, 9.17) is 0 Å². The van der Waals surface area contributed by atoms with Crippen LogP contribution in [0.1, 0.15) is 30.9 Å². The van der Waals surface area contributed by atoms with Gasteiger partial charge in [0.25, 0.3) is 0 Å². The smallest absolute Gasteiger partial charge is 0.388 e. The summed E-state index contributed by atoms with van der Waals surface area (Å²) < 4.78 is 41.5. The molecule has 0 radical (unpaired) electrons. The summed E-state index contributed by atoms with van der Waals surface area (Å²) in [6, 6.07) is 3.56. The van der Waals surface area contributed by atoms with Crippen LogP contribution in [0.3, 0.4) is 0 Å².